The molecule has 4 nitrogen and oxygen atoms in total. The summed E-state index contributed by atoms with van der Waals surface area (Å²) in [5.41, 5.74) is 0. The van der Waals surface area contributed by atoms with E-state index in [0.29, 0.717) is 4.21 Å². The third-order valence-corrected chi connectivity index (χ3v) is 8.62. The average molecular weight is 381 g/mol. The molecule has 138 valence electrons. The summed E-state index contributed by atoms with van der Waals surface area (Å²) in [6.45, 7) is 13.4. The minimum Gasteiger partial charge on any atom is -0.318 e. The second-order valence-corrected chi connectivity index (χ2v) is 12.0. The number of amides is 2. The molecule has 0 radical (unpaired) electrons. The third-order valence-electron chi connectivity index (χ3n) is 4.05. The lowest BCUT2D eigenvalue weighted by atomic mass is 10.2. The van der Waals surface area contributed by atoms with E-state index in [9.17, 15) is 9.00 Å². The second-order valence-electron chi connectivity index (χ2n) is 7.71. The van der Waals surface area contributed by atoms with E-state index in [-0.39, 0.29) is 12.1 Å². The molecule has 0 N–H and O–H groups in total. The fraction of sp³-hybridized carbons (Fsp3) is 0.526. The standard InChI is InChI=1S/C19H28N2O2S2/c1-13(2)21(14(3)4)18(22)20-25(23,19(5,6)7)17-12-15-10-8-9-11-16(15)24-17/h8-14H,1-7H3/t25-/m0/s1. The van der Waals surface area contributed by atoms with E-state index in [1.165, 1.54) is 11.3 Å². The van der Waals surface area contributed by atoms with Crippen LogP contribution in [-0.4, -0.2) is 32.0 Å². The van der Waals surface area contributed by atoms with E-state index < -0.39 is 20.5 Å². The van der Waals surface area contributed by atoms with E-state index in [0.717, 1.165) is 10.1 Å². The molecule has 0 fully saturated rings. The number of urea groups is 1. The van der Waals surface area contributed by atoms with Crippen LogP contribution in [0.1, 0.15) is 48.5 Å². The summed E-state index contributed by atoms with van der Waals surface area (Å²) in [5.74, 6) is 0. The van der Waals surface area contributed by atoms with Crippen molar-refractivity contribution in [1.29, 1.82) is 0 Å². The Bertz CT molecular complexity index is 841. The first-order chi connectivity index (χ1) is 11.5. The SMILES string of the molecule is CC(C)N(C(=O)N=[S@](=O)(c1cc2ccccc2s1)C(C)(C)C)C(C)C. The van der Waals surface area contributed by atoms with Crippen LogP contribution in [0.3, 0.4) is 0 Å². The van der Waals surface area contributed by atoms with Crippen molar-refractivity contribution in [3.63, 3.8) is 0 Å². The van der Waals surface area contributed by atoms with Crippen molar-refractivity contribution < 1.29 is 9.00 Å². The molecule has 0 spiro atoms. The molecule has 0 aliphatic heterocycles. The van der Waals surface area contributed by atoms with Crippen LogP contribution in [0.15, 0.2) is 38.9 Å². The lowest BCUT2D eigenvalue weighted by Gasteiger charge is -2.30. The van der Waals surface area contributed by atoms with Crippen molar-refractivity contribution >= 4 is 37.2 Å². The molecule has 1 atom stereocenters. The number of hydrogen-bond donors (Lipinski definition) is 0. The van der Waals surface area contributed by atoms with Crippen LogP contribution in [0.25, 0.3) is 10.1 Å². The highest BCUT2D eigenvalue weighted by Gasteiger charge is 2.33. The quantitative estimate of drug-likeness (QED) is 0.679. The van der Waals surface area contributed by atoms with Gasteiger partial charge in [0.2, 0.25) is 0 Å². The summed E-state index contributed by atoms with van der Waals surface area (Å²) < 4.78 is 19.3. The van der Waals surface area contributed by atoms with Crippen LogP contribution >= 0.6 is 11.3 Å². The van der Waals surface area contributed by atoms with Crippen molar-refractivity contribution in [1.82, 2.24) is 4.90 Å². The van der Waals surface area contributed by atoms with Crippen LogP contribution in [0, 0.1) is 0 Å². The van der Waals surface area contributed by atoms with Gasteiger partial charge in [-0.1, -0.05) is 18.2 Å². The normalized spacial score (nSPS) is 14.8. The number of nitrogens with zero attached hydrogens (tertiary/aromatic N) is 2. The highest BCUT2D eigenvalue weighted by Crippen LogP contribution is 2.36. The summed E-state index contributed by atoms with van der Waals surface area (Å²) in [5, 5.41) is 1.03. The van der Waals surface area contributed by atoms with Gasteiger partial charge in [-0.3, -0.25) is 0 Å². The number of carbonyl (C=O) groups is 1. The molecule has 2 amide bonds. The Hall–Kier alpha value is -1.40. The lowest BCUT2D eigenvalue weighted by molar-refractivity contribution is 0.175. The monoisotopic (exact) mass is 380 g/mol. The molecule has 0 bridgehead atoms. The van der Waals surface area contributed by atoms with Crippen molar-refractivity contribution in [2.75, 3.05) is 0 Å². The van der Waals surface area contributed by atoms with E-state index in [2.05, 4.69) is 4.36 Å². The Labute approximate surface area is 155 Å². The maximum Gasteiger partial charge on any atom is 0.352 e. The Kier molecular flexibility index (Phi) is 5.64. The topological polar surface area (TPSA) is 49.7 Å². The van der Waals surface area contributed by atoms with Crippen LogP contribution < -0.4 is 0 Å². The smallest absolute Gasteiger partial charge is 0.318 e. The van der Waals surface area contributed by atoms with Crippen molar-refractivity contribution in [2.45, 2.75) is 69.5 Å². The molecule has 25 heavy (non-hydrogen) atoms. The Balaban J connectivity index is 2.66. The van der Waals surface area contributed by atoms with Crippen molar-refractivity contribution in [3.8, 4) is 0 Å². The van der Waals surface area contributed by atoms with Crippen LogP contribution in [0.5, 0.6) is 0 Å². The molecular weight excluding hydrogens is 352 g/mol. The Morgan fingerprint density at radius 1 is 1.12 bits per heavy atom. The van der Waals surface area contributed by atoms with Crippen molar-refractivity contribution in [2.24, 2.45) is 4.36 Å². The molecular formula is C19H28N2O2S2. The molecule has 0 saturated carbocycles. The maximum absolute atomic E-state index is 13.9. The van der Waals surface area contributed by atoms with Gasteiger partial charge < -0.3 is 4.90 Å². The zero-order chi connectivity index (χ0) is 19.0. The molecule has 1 aromatic heterocycles. The fourth-order valence-electron chi connectivity index (χ4n) is 2.77. The number of hydrogen-bond acceptors (Lipinski definition) is 3. The summed E-state index contributed by atoms with van der Waals surface area (Å²) in [6.07, 6.45) is 0. The highest BCUT2D eigenvalue weighted by atomic mass is 32.2. The number of benzene rings is 1. The number of rotatable bonds is 3. The highest BCUT2D eigenvalue weighted by molar-refractivity contribution is 7.97. The summed E-state index contributed by atoms with van der Waals surface area (Å²) >= 11 is 1.46. The molecule has 0 aliphatic carbocycles. The first-order valence-electron chi connectivity index (χ1n) is 8.55. The van der Waals surface area contributed by atoms with E-state index in [1.807, 2.05) is 78.8 Å². The zero-order valence-corrected chi connectivity index (χ0v) is 17.7. The predicted molar refractivity (Wildman–Crippen MR) is 108 cm³/mol. The first kappa shape index (κ1) is 19.9. The van der Waals surface area contributed by atoms with Gasteiger partial charge in [-0.05, 0) is 66.0 Å². The minimum absolute atomic E-state index is 0.00211. The van der Waals surface area contributed by atoms with Crippen LogP contribution in [-0.2, 0) is 9.73 Å². The number of carbonyl (C=O) groups excluding carboxylic acids is 1. The van der Waals surface area contributed by atoms with Gasteiger partial charge in [0.25, 0.3) is 0 Å². The Morgan fingerprint density at radius 3 is 2.16 bits per heavy atom. The first-order valence-corrected chi connectivity index (χ1v) is 10.9. The number of fused-ring (bicyclic) bond motifs is 1. The van der Waals surface area contributed by atoms with Gasteiger partial charge in [0, 0.05) is 16.8 Å². The van der Waals surface area contributed by atoms with Gasteiger partial charge >= 0.3 is 6.03 Å². The minimum atomic E-state index is -2.90. The van der Waals surface area contributed by atoms with Crippen LogP contribution in [0.4, 0.5) is 4.79 Å². The van der Waals surface area contributed by atoms with E-state index in [4.69, 9.17) is 0 Å². The van der Waals surface area contributed by atoms with Gasteiger partial charge in [-0.25, -0.2) is 9.00 Å². The van der Waals surface area contributed by atoms with E-state index in [1.54, 1.807) is 4.90 Å². The molecule has 2 aromatic rings. The van der Waals surface area contributed by atoms with Crippen LogP contribution in [0.2, 0.25) is 0 Å². The largest absolute Gasteiger partial charge is 0.352 e. The van der Waals surface area contributed by atoms with E-state index >= 15 is 0 Å². The Morgan fingerprint density at radius 2 is 1.68 bits per heavy atom. The van der Waals surface area contributed by atoms with Crippen molar-refractivity contribution in [3.05, 3.63) is 30.3 Å². The van der Waals surface area contributed by atoms with Gasteiger partial charge in [0.05, 0.1) is 14.5 Å². The molecule has 0 saturated heterocycles. The molecule has 2 rings (SSSR count). The lowest BCUT2D eigenvalue weighted by Crippen LogP contribution is -2.41. The average Bonchev–Trinajstić information content (AvgIpc) is 2.89. The molecule has 0 unspecified atom stereocenters. The van der Waals surface area contributed by atoms with Gasteiger partial charge in [-0.15, -0.1) is 15.7 Å². The zero-order valence-electron chi connectivity index (χ0n) is 16.1. The summed E-state index contributed by atoms with van der Waals surface area (Å²) in [4.78, 5) is 14.5. The predicted octanol–water partition coefficient (Wildman–Crippen LogP) is 5.77. The van der Waals surface area contributed by atoms with Gasteiger partial charge in [0.15, 0.2) is 0 Å². The molecule has 1 heterocycles. The fourth-order valence-corrected chi connectivity index (χ4v) is 6.72. The summed E-state index contributed by atoms with van der Waals surface area (Å²) in [7, 11) is -2.90. The molecule has 1 aromatic carbocycles. The maximum atomic E-state index is 13.9. The third kappa shape index (κ3) is 3.90. The van der Waals surface area contributed by atoms with Gasteiger partial charge in [0.1, 0.15) is 4.21 Å². The molecule has 0 aliphatic rings. The number of thiophene rings is 1. The second kappa shape index (κ2) is 7.08. The summed E-state index contributed by atoms with van der Waals surface area (Å²) in [6, 6.07) is 9.44. The van der Waals surface area contributed by atoms with Gasteiger partial charge in [-0.2, -0.15) is 0 Å². The molecule has 6 heteroatoms.